The third kappa shape index (κ3) is 9.65. The number of fused-ring (bicyclic) bond motifs is 7. The molecular formula is C50H65N9O8S. The van der Waals surface area contributed by atoms with Crippen LogP contribution in [0.4, 0.5) is 4.79 Å². The monoisotopic (exact) mass is 951 g/mol. The fraction of sp³-hybridized carbons (Fsp3) is 0.540. The number of likely N-dealkylation sites (N-methyl/N-ethyl adjacent to an activating group) is 1. The highest BCUT2D eigenvalue weighted by atomic mass is 32.1. The van der Waals surface area contributed by atoms with Crippen molar-refractivity contribution in [3.63, 3.8) is 0 Å². The molecule has 18 heteroatoms. The summed E-state index contributed by atoms with van der Waals surface area (Å²) in [4.78, 5) is 84.7. The number of pyridine rings is 1. The van der Waals surface area contributed by atoms with E-state index in [2.05, 4.69) is 66.9 Å². The van der Waals surface area contributed by atoms with Crippen LogP contribution in [0.5, 0.6) is 0 Å². The number of cyclic esters (lactones) is 1. The Bertz CT molecular complexity index is 2570. The van der Waals surface area contributed by atoms with E-state index in [1.165, 1.54) is 27.3 Å². The second-order valence-corrected chi connectivity index (χ2v) is 20.4. The molecule has 6 bridgehead atoms. The first-order valence-corrected chi connectivity index (χ1v) is 24.6. The molecule has 1 unspecified atom stereocenters. The number of nitrogens with one attached hydrogen (secondary N) is 2. The summed E-state index contributed by atoms with van der Waals surface area (Å²) in [6.45, 7) is 18.0. The molecule has 0 aliphatic carbocycles. The maximum atomic E-state index is 14.7. The number of esters is 1. The number of carbonyl (C=O) groups excluding carboxylic acids is 5. The highest BCUT2D eigenvalue weighted by Gasteiger charge is 2.46. The number of rotatable bonds is 9. The van der Waals surface area contributed by atoms with Gasteiger partial charge in [-0.25, -0.2) is 15.2 Å². The Morgan fingerprint density at radius 3 is 2.68 bits per heavy atom. The van der Waals surface area contributed by atoms with E-state index in [-0.39, 0.29) is 56.2 Å². The van der Waals surface area contributed by atoms with Crippen LogP contribution >= 0.6 is 11.3 Å². The predicted octanol–water partition coefficient (Wildman–Crippen LogP) is 5.38. The molecule has 3 fully saturated rings. The van der Waals surface area contributed by atoms with E-state index in [9.17, 15) is 24.0 Å². The minimum atomic E-state index is -1.11. The number of carbonyl (C=O) groups is 5. The Labute approximate surface area is 402 Å². The number of morpholine rings is 1. The maximum Gasteiger partial charge on any atom is 0.324 e. The van der Waals surface area contributed by atoms with E-state index in [1.807, 2.05) is 32.2 Å². The lowest BCUT2D eigenvalue weighted by atomic mass is 9.84. The number of hydrogen-bond donors (Lipinski definition) is 2. The first-order valence-electron chi connectivity index (χ1n) is 23.7. The zero-order valence-corrected chi connectivity index (χ0v) is 41.3. The number of ether oxygens (including phenoxy) is 3. The number of aromatic nitrogens is 3. The molecule has 2 N–H and O–H groups in total. The van der Waals surface area contributed by atoms with E-state index < -0.39 is 47.4 Å². The number of thiazole rings is 1. The molecule has 4 aromatic rings. The van der Waals surface area contributed by atoms with E-state index in [1.54, 1.807) is 30.2 Å². The van der Waals surface area contributed by atoms with Crippen LogP contribution in [0.2, 0.25) is 0 Å². The van der Waals surface area contributed by atoms with Gasteiger partial charge >= 0.3 is 12.0 Å². The van der Waals surface area contributed by atoms with Crippen molar-refractivity contribution in [2.45, 2.75) is 110 Å². The topological polar surface area (TPSA) is 181 Å². The summed E-state index contributed by atoms with van der Waals surface area (Å²) < 4.78 is 20.2. The smallest absolute Gasteiger partial charge is 0.324 e. The second kappa shape index (κ2) is 20.1. The molecule has 4 aliphatic rings. The van der Waals surface area contributed by atoms with E-state index in [4.69, 9.17) is 24.2 Å². The molecule has 0 radical (unpaired) electrons. The van der Waals surface area contributed by atoms with Gasteiger partial charge in [0.2, 0.25) is 11.8 Å². The van der Waals surface area contributed by atoms with Crippen LogP contribution in [-0.4, -0.2) is 148 Å². The standard InChI is InChI=1S/C50H65N9O8S/c1-10-42(60)58-20-21-66-40-26-56(25-39(40)58)49(64)55(8)44(29(3)4)46(61)53-36-23-41-52-37(27-68-41)31-16-17-38-33(22-31)34(45(57(38)11-2)32-14-12-18-51-43(32)30(5)65-9)24-50(6,7)28-67-48(63)35-15-13-19-59(54-35)47(36)62/h10,12,14,16-18,22,27,29-30,35-36,39-40,44,54H,1,11,13,15,19-21,23-26,28H2,2-9H3,(H,53,61)/t30-,35-,36-,39+,40+,44?/m0/s1. The van der Waals surface area contributed by atoms with Crippen molar-refractivity contribution < 1.29 is 38.2 Å². The summed E-state index contributed by atoms with van der Waals surface area (Å²) in [7, 11) is 3.27. The Morgan fingerprint density at radius 2 is 1.94 bits per heavy atom. The lowest BCUT2D eigenvalue weighted by Crippen LogP contribution is -2.62. The van der Waals surface area contributed by atoms with Crippen LogP contribution < -0.4 is 10.7 Å². The van der Waals surface area contributed by atoms with Gasteiger partial charge in [-0.2, -0.15) is 0 Å². The van der Waals surface area contributed by atoms with Crippen LogP contribution in [0.25, 0.3) is 33.4 Å². The molecule has 364 valence electrons. The number of nitrogens with zero attached hydrogens (tertiary/aromatic N) is 7. The molecule has 0 spiro atoms. The van der Waals surface area contributed by atoms with E-state index >= 15 is 0 Å². The van der Waals surface area contributed by atoms with Gasteiger partial charge < -0.3 is 38.8 Å². The van der Waals surface area contributed by atoms with Crippen molar-refractivity contribution in [3.05, 3.63) is 70.8 Å². The molecule has 6 atom stereocenters. The summed E-state index contributed by atoms with van der Waals surface area (Å²) in [5.74, 6) is -1.98. The Morgan fingerprint density at radius 1 is 1.15 bits per heavy atom. The first-order chi connectivity index (χ1) is 32.5. The largest absolute Gasteiger partial charge is 0.464 e. The normalized spacial score (nSPS) is 22.9. The van der Waals surface area contributed by atoms with Crippen LogP contribution in [0.1, 0.15) is 76.8 Å². The number of methoxy groups -OCH3 is 1. The summed E-state index contributed by atoms with van der Waals surface area (Å²) in [5.41, 5.74) is 9.22. The lowest BCUT2D eigenvalue weighted by molar-refractivity contribution is -0.155. The Hall–Kier alpha value is -5.69. The molecule has 5 amide bonds. The second-order valence-electron chi connectivity index (χ2n) is 19.5. The zero-order valence-electron chi connectivity index (χ0n) is 40.5. The van der Waals surface area contributed by atoms with Gasteiger partial charge in [0.25, 0.3) is 5.91 Å². The fourth-order valence-corrected chi connectivity index (χ4v) is 11.2. The average Bonchev–Trinajstić information content (AvgIpc) is 4.07. The number of hydrogen-bond acceptors (Lipinski definition) is 12. The molecule has 0 saturated carbocycles. The van der Waals surface area contributed by atoms with Gasteiger partial charge in [0.1, 0.15) is 18.1 Å². The minimum Gasteiger partial charge on any atom is -0.464 e. The SMILES string of the molecule is C=CC(=O)N1CCO[C@@H]2CN(C(=O)N(C)C(C(=O)N[C@H]3Cc4nc(cs4)-c4ccc5c(c4)c(c(-c4cccnc4[C@H](C)OC)n5CC)CC(C)(C)COC(=O)[C@@H]4CCCN(N4)C3=O)C(C)C)C[C@H]21. The third-order valence-corrected chi connectivity index (χ3v) is 14.7. The first kappa shape index (κ1) is 48.8. The number of hydrazine groups is 1. The highest BCUT2D eigenvalue weighted by Crippen LogP contribution is 2.42. The van der Waals surface area contributed by atoms with Crippen molar-refractivity contribution in [1.82, 2.24) is 45.0 Å². The lowest BCUT2D eigenvalue weighted by Gasteiger charge is -2.37. The van der Waals surface area contributed by atoms with Gasteiger partial charge in [0.15, 0.2) is 0 Å². The fourth-order valence-electron chi connectivity index (χ4n) is 10.3. The van der Waals surface area contributed by atoms with E-state index in [0.29, 0.717) is 50.5 Å². The van der Waals surface area contributed by atoms with Gasteiger partial charge in [-0.1, -0.05) is 40.3 Å². The summed E-state index contributed by atoms with van der Waals surface area (Å²) in [5, 5.41) is 8.08. The molecule has 68 heavy (non-hydrogen) atoms. The van der Waals surface area contributed by atoms with Gasteiger partial charge in [-0.15, -0.1) is 11.3 Å². The van der Waals surface area contributed by atoms with Gasteiger partial charge in [0.05, 0.1) is 60.1 Å². The molecule has 3 aromatic heterocycles. The number of likely N-dealkylation sites (tertiary alicyclic amines) is 1. The number of benzene rings is 1. The van der Waals surface area contributed by atoms with Crippen molar-refractivity contribution in [2.24, 2.45) is 11.3 Å². The van der Waals surface area contributed by atoms with Crippen LogP contribution in [0.15, 0.2) is 54.6 Å². The quantitative estimate of drug-likeness (QED) is 0.163. The molecule has 3 saturated heterocycles. The maximum absolute atomic E-state index is 14.7. The van der Waals surface area contributed by atoms with Crippen molar-refractivity contribution >= 4 is 52.0 Å². The van der Waals surface area contributed by atoms with Crippen molar-refractivity contribution in [3.8, 4) is 22.5 Å². The molecule has 7 heterocycles. The van der Waals surface area contributed by atoms with Crippen molar-refractivity contribution in [2.75, 3.05) is 53.6 Å². The highest BCUT2D eigenvalue weighted by molar-refractivity contribution is 7.10. The summed E-state index contributed by atoms with van der Waals surface area (Å²) in [6.07, 6.45) is 4.05. The van der Waals surface area contributed by atoms with Gasteiger partial charge in [-0.3, -0.25) is 29.2 Å². The molecule has 1 aromatic carbocycles. The Balaban J connectivity index is 1.14. The third-order valence-electron chi connectivity index (χ3n) is 13.8. The predicted molar refractivity (Wildman–Crippen MR) is 258 cm³/mol. The average molecular weight is 952 g/mol. The number of amides is 5. The molecule has 8 rings (SSSR count). The summed E-state index contributed by atoms with van der Waals surface area (Å²) in [6, 6.07) is 6.80. The summed E-state index contributed by atoms with van der Waals surface area (Å²) >= 11 is 1.40. The molecule has 4 aliphatic heterocycles. The number of urea groups is 1. The van der Waals surface area contributed by atoms with Crippen molar-refractivity contribution in [1.29, 1.82) is 0 Å². The van der Waals surface area contributed by atoms with Crippen LogP contribution in [0, 0.1) is 11.3 Å². The Kier molecular flexibility index (Phi) is 14.4. The minimum absolute atomic E-state index is 0.0600. The van der Waals surface area contributed by atoms with Gasteiger partial charge in [0, 0.05) is 85.8 Å². The van der Waals surface area contributed by atoms with Crippen LogP contribution in [0.3, 0.4) is 0 Å². The number of aryl methyl sites for hydroxylation is 1. The molecule has 17 nitrogen and oxygen atoms in total. The van der Waals surface area contributed by atoms with E-state index in [0.717, 1.165) is 44.7 Å². The van der Waals surface area contributed by atoms with Gasteiger partial charge in [-0.05, 0) is 74.9 Å². The molecular weight excluding hydrogens is 887 g/mol. The zero-order chi connectivity index (χ0) is 48.6. The van der Waals surface area contributed by atoms with Crippen LogP contribution in [-0.2, 0) is 52.8 Å².